The fraction of sp³-hybridized carbons (Fsp3) is 0.500. The monoisotopic (exact) mass is 303 g/mol. The van der Waals surface area contributed by atoms with E-state index in [2.05, 4.69) is 11.4 Å². The van der Waals surface area contributed by atoms with Crippen molar-refractivity contribution in [3.63, 3.8) is 0 Å². The van der Waals surface area contributed by atoms with Crippen molar-refractivity contribution in [1.82, 2.24) is 5.32 Å². The second kappa shape index (κ2) is 6.42. The number of ether oxygens (including phenoxy) is 1. The summed E-state index contributed by atoms with van der Waals surface area (Å²) in [4.78, 5) is 11.9. The lowest BCUT2D eigenvalue weighted by molar-refractivity contribution is 0.0508. The van der Waals surface area contributed by atoms with Gasteiger partial charge in [-0.05, 0) is 69.7 Å². The summed E-state index contributed by atoms with van der Waals surface area (Å²) in [6, 6.07) is 5.00. The van der Waals surface area contributed by atoms with Gasteiger partial charge in [0.25, 0.3) is 0 Å². The summed E-state index contributed by atoms with van der Waals surface area (Å²) < 4.78 is 5.28. The van der Waals surface area contributed by atoms with Crippen LogP contribution in [0.15, 0.2) is 24.3 Å². The van der Waals surface area contributed by atoms with Gasteiger partial charge < -0.3 is 15.2 Å². The third-order valence-corrected chi connectivity index (χ3v) is 3.44. The van der Waals surface area contributed by atoms with Gasteiger partial charge in [-0.1, -0.05) is 18.2 Å². The average molecular weight is 303 g/mol. The van der Waals surface area contributed by atoms with Gasteiger partial charge in [0.05, 0.1) is 6.04 Å². The van der Waals surface area contributed by atoms with Gasteiger partial charge in [0.2, 0.25) is 0 Å². The molecule has 0 bridgehead atoms. The quantitative estimate of drug-likeness (QED) is 0.866. The van der Waals surface area contributed by atoms with Crippen molar-refractivity contribution in [2.75, 3.05) is 0 Å². The van der Waals surface area contributed by atoms with E-state index in [1.54, 1.807) is 12.1 Å². The number of phenols is 1. The Morgan fingerprint density at radius 2 is 2.09 bits per heavy atom. The highest BCUT2D eigenvalue weighted by molar-refractivity contribution is 5.69. The molecule has 1 saturated carbocycles. The van der Waals surface area contributed by atoms with Gasteiger partial charge in [0.1, 0.15) is 11.4 Å². The Hall–Kier alpha value is -1.97. The highest BCUT2D eigenvalue weighted by Gasteiger charge is 2.20. The summed E-state index contributed by atoms with van der Waals surface area (Å²) >= 11 is 0. The Morgan fingerprint density at radius 1 is 1.41 bits per heavy atom. The molecule has 0 saturated heterocycles. The lowest BCUT2D eigenvalue weighted by Crippen LogP contribution is -2.34. The van der Waals surface area contributed by atoms with Crippen molar-refractivity contribution in [3.05, 3.63) is 35.4 Å². The molecule has 0 radical (unpaired) electrons. The molecule has 0 heterocycles. The maximum Gasteiger partial charge on any atom is 0.408 e. The van der Waals surface area contributed by atoms with Gasteiger partial charge in [-0.2, -0.15) is 0 Å². The Kier molecular flexibility index (Phi) is 4.79. The molecule has 0 unspecified atom stereocenters. The predicted molar refractivity (Wildman–Crippen MR) is 87.6 cm³/mol. The number of hydrogen-bond acceptors (Lipinski definition) is 3. The molecule has 2 N–H and O–H groups in total. The predicted octanol–water partition coefficient (Wildman–Crippen LogP) is 4.40. The van der Waals surface area contributed by atoms with Crippen LogP contribution in [0.4, 0.5) is 4.79 Å². The van der Waals surface area contributed by atoms with Crippen LogP contribution in [-0.4, -0.2) is 16.8 Å². The lowest BCUT2D eigenvalue weighted by atomic mass is 10.0. The van der Waals surface area contributed by atoms with E-state index in [1.165, 1.54) is 12.8 Å². The second-order valence-electron chi connectivity index (χ2n) is 6.88. The number of allylic oxidation sites excluding steroid dienone is 1. The largest absolute Gasteiger partial charge is 0.508 e. The molecule has 1 aliphatic rings. The van der Waals surface area contributed by atoms with Crippen molar-refractivity contribution < 1.29 is 14.6 Å². The number of aromatic hydroxyl groups is 1. The number of rotatable bonds is 4. The van der Waals surface area contributed by atoms with Crippen LogP contribution >= 0.6 is 0 Å². The van der Waals surface area contributed by atoms with Gasteiger partial charge in [-0.15, -0.1) is 0 Å². The van der Waals surface area contributed by atoms with Gasteiger partial charge in [0, 0.05) is 0 Å². The standard InChI is InChI=1S/C18H25NO3/c1-12(19-17(21)22-18(2,3)4)16-10-9-15(20)11-14(16)8-7-13-5-6-13/h7-13,20H,5-6H2,1-4H3,(H,19,21)/b8-7+/t12-/m0/s1. The first kappa shape index (κ1) is 16.4. The maximum atomic E-state index is 11.9. The van der Waals surface area contributed by atoms with Crippen LogP contribution in [-0.2, 0) is 4.74 Å². The summed E-state index contributed by atoms with van der Waals surface area (Å²) in [6.45, 7) is 7.41. The van der Waals surface area contributed by atoms with Crippen molar-refractivity contribution in [2.45, 2.75) is 52.2 Å². The number of benzene rings is 1. The van der Waals surface area contributed by atoms with E-state index < -0.39 is 11.7 Å². The molecule has 2 rings (SSSR count). The summed E-state index contributed by atoms with van der Waals surface area (Å²) in [5, 5.41) is 12.5. The van der Waals surface area contributed by atoms with E-state index in [0.29, 0.717) is 5.92 Å². The Labute approximate surface area is 132 Å². The fourth-order valence-corrected chi connectivity index (χ4v) is 2.19. The van der Waals surface area contributed by atoms with Crippen molar-refractivity contribution in [3.8, 4) is 5.75 Å². The molecule has 22 heavy (non-hydrogen) atoms. The molecule has 1 fully saturated rings. The molecular formula is C18H25NO3. The molecule has 4 nitrogen and oxygen atoms in total. The highest BCUT2D eigenvalue weighted by Crippen LogP contribution is 2.32. The number of carbonyl (C=O) groups excluding carboxylic acids is 1. The van der Waals surface area contributed by atoms with Gasteiger partial charge in [0.15, 0.2) is 0 Å². The number of nitrogens with one attached hydrogen (secondary N) is 1. The Bertz CT molecular complexity index is 568. The molecule has 1 atom stereocenters. The first-order valence-electron chi connectivity index (χ1n) is 7.75. The Balaban J connectivity index is 2.10. The van der Waals surface area contributed by atoms with Crippen LogP contribution < -0.4 is 5.32 Å². The molecular weight excluding hydrogens is 278 g/mol. The molecule has 1 aromatic rings. The molecule has 0 spiro atoms. The summed E-state index contributed by atoms with van der Waals surface area (Å²) in [5.41, 5.74) is 1.36. The fourth-order valence-electron chi connectivity index (χ4n) is 2.19. The second-order valence-corrected chi connectivity index (χ2v) is 6.88. The van der Waals surface area contributed by atoms with E-state index in [1.807, 2.05) is 39.8 Å². The van der Waals surface area contributed by atoms with Crippen molar-refractivity contribution >= 4 is 12.2 Å². The highest BCUT2D eigenvalue weighted by atomic mass is 16.6. The molecule has 0 aliphatic heterocycles. The molecule has 120 valence electrons. The number of hydrogen-bond donors (Lipinski definition) is 2. The summed E-state index contributed by atoms with van der Waals surface area (Å²) in [6.07, 6.45) is 6.22. The van der Waals surface area contributed by atoms with Gasteiger partial charge in [-0.25, -0.2) is 4.79 Å². The van der Waals surface area contributed by atoms with Gasteiger partial charge >= 0.3 is 6.09 Å². The molecule has 4 heteroatoms. The van der Waals surface area contributed by atoms with Crippen molar-refractivity contribution in [2.24, 2.45) is 5.92 Å². The molecule has 0 aromatic heterocycles. The topological polar surface area (TPSA) is 58.6 Å². The minimum absolute atomic E-state index is 0.200. The third kappa shape index (κ3) is 5.10. The average Bonchev–Trinajstić information content (AvgIpc) is 3.17. The zero-order valence-corrected chi connectivity index (χ0v) is 13.7. The van der Waals surface area contributed by atoms with Crippen molar-refractivity contribution in [1.29, 1.82) is 0 Å². The first-order valence-corrected chi connectivity index (χ1v) is 7.75. The smallest absolute Gasteiger partial charge is 0.408 e. The van der Waals surface area contributed by atoms with E-state index in [9.17, 15) is 9.90 Å². The van der Waals surface area contributed by atoms with Crippen LogP contribution in [0.2, 0.25) is 0 Å². The summed E-state index contributed by atoms with van der Waals surface area (Å²) in [7, 11) is 0. The third-order valence-electron chi connectivity index (χ3n) is 3.44. The molecule has 1 amide bonds. The minimum Gasteiger partial charge on any atom is -0.508 e. The van der Waals surface area contributed by atoms with Crippen LogP contribution in [0.25, 0.3) is 6.08 Å². The zero-order valence-electron chi connectivity index (χ0n) is 13.7. The zero-order chi connectivity index (χ0) is 16.3. The number of carbonyl (C=O) groups is 1. The lowest BCUT2D eigenvalue weighted by Gasteiger charge is -2.23. The molecule has 1 aliphatic carbocycles. The normalized spacial score (nSPS) is 16.5. The van der Waals surface area contributed by atoms with Crippen LogP contribution in [0, 0.1) is 5.92 Å². The SMILES string of the molecule is C[C@H](NC(=O)OC(C)(C)C)c1ccc(O)cc1/C=C/C1CC1. The van der Waals surface area contributed by atoms with E-state index in [4.69, 9.17) is 4.74 Å². The number of amides is 1. The first-order chi connectivity index (χ1) is 10.2. The Morgan fingerprint density at radius 3 is 2.68 bits per heavy atom. The van der Waals surface area contributed by atoms with Crippen LogP contribution in [0.5, 0.6) is 5.75 Å². The minimum atomic E-state index is -0.520. The maximum absolute atomic E-state index is 11.9. The van der Waals surface area contributed by atoms with Gasteiger partial charge in [-0.3, -0.25) is 0 Å². The van der Waals surface area contributed by atoms with Crippen LogP contribution in [0.1, 0.15) is 57.7 Å². The van der Waals surface area contributed by atoms with E-state index in [-0.39, 0.29) is 11.8 Å². The van der Waals surface area contributed by atoms with E-state index in [0.717, 1.165) is 11.1 Å². The number of phenolic OH excluding ortho intramolecular Hbond substituents is 1. The van der Waals surface area contributed by atoms with E-state index >= 15 is 0 Å². The molecule has 1 aromatic carbocycles. The summed E-state index contributed by atoms with van der Waals surface area (Å²) in [5.74, 6) is 0.882. The van der Waals surface area contributed by atoms with Crippen LogP contribution in [0.3, 0.4) is 0 Å². The number of alkyl carbamates (subject to hydrolysis) is 1.